The Morgan fingerprint density at radius 1 is 0.647 bits per heavy atom. The van der Waals surface area contributed by atoms with Crippen LogP contribution in [0.2, 0.25) is 0 Å². The van der Waals surface area contributed by atoms with Gasteiger partial charge in [-0.1, -0.05) is 51.0 Å². The molecular formula is C28H34O6. The van der Waals surface area contributed by atoms with E-state index in [2.05, 4.69) is 13.8 Å². The van der Waals surface area contributed by atoms with Crippen LogP contribution >= 0.6 is 0 Å². The summed E-state index contributed by atoms with van der Waals surface area (Å²) < 4.78 is 0. The second-order valence-electron chi connectivity index (χ2n) is 8.56. The standard InChI is InChI=1S/C28H34O6/c1-3-5-9-21-13-17-23(18-14-21)27(29)33-31-25-11-7-8-12-26(25)32-34-28(30)24-19-15-22(16-20-24)10-6-4-2/h13-20H,3-12H2,1-2H3. The van der Waals surface area contributed by atoms with Gasteiger partial charge in [-0.2, -0.15) is 0 Å². The van der Waals surface area contributed by atoms with Crippen LogP contribution in [0.5, 0.6) is 0 Å². The van der Waals surface area contributed by atoms with E-state index in [-0.39, 0.29) is 0 Å². The first-order chi connectivity index (χ1) is 16.6. The first kappa shape index (κ1) is 25.3. The molecule has 0 spiro atoms. The van der Waals surface area contributed by atoms with Crippen LogP contribution in [0.3, 0.4) is 0 Å². The largest absolute Gasteiger partial charge is 0.386 e. The number of carbonyl (C=O) groups is 2. The van der Waals surface area contributed by atoms with Gasteiger partial charge in [-0.25, -0.2) is 19.4 Å². The highest BCUT2D eigenvalue weighted by molar-refractivity contribution is 5.89. The number of hydrogen-bond acceptors (Lipinski definition) is 6. The molecule has 6 nitrogen and oxygen atoms in total. The summed E-state index contributed by atoms with van der Waals surface area (Å²) in [5.74, 6) is -0.442. The number of allylic oxidation sites excluding steroid dienone is 2. The van der Waals surface area contributed by atoms with Crippen molar-refractivity contribution >= 4 is 11.9 Å². The Bertz CT molecular complexity index is 880. The van der Waals surface area contributed by atoms with Gasteiger partial charge in [-0.05, 0) is 73.9 Å². The Kier molecular flexibility index (Phi) is 10.0. The SMILES string of the molecule is CCCCc1ccc(C(=O)OOC2=C(OOC(=O)c3ccc(CCCC)cc3)CCCC2)cc1. The lowest BCUT2D eigenvalue weighted by Gasteiger charge is -2.17. The third-order valence-corrected chi connectivity index (χ3v) is 5.82. The molecule has 0 atom stereocenters. The van der Waals surface area contributed by atoms with Gasteiger partial charge in [0.05, 0.1) is 11.1 Å². The summed E-state index contributed by atoms with van der Waals surface area (Å²) in [6.07, 6.45) is 9.21. The van der Waals surface area contributed by atoms with Gasteiger partial charge in [0.2, 0.25) is 0 Å². The fourth-order valence-electron chi connectivity index (χ4n) is 3.68. The van der Waals surface area contributed by atoms with Crippen molar-refractivity contribution < 1.29 is 29.1 Å². The highest BCUT2D eigenvalue weighted by Gasteiger charge is 2.22. The predicted octanol–water partition coefficient (Wildman–Crippen LogP) is 7.03. The molecule has 34 heavy (non-hydrogen) atoms. The molecule has 0 bridgehead atoms. The van der Waals surface area contributed by atoms with Gasteiger partial charge in [0.1, 0.15) is 0 Å². The van der Waals surface area contributed by atoms with Gasteiger partial charge in [-0.3, -0.25) is 9.78 Å². The first-order valence-corrected chi connectivity index (χ1v) is 12.3. The zero-order chi connectivity index (χ0) is 24.2. The van der Waals surface area contributed by atoms with Crippen LogP contribution < -0.4 is 0 Å². The summed E-state index contributed by atoms with van der Waals surface area (Å²) in [6.45, 7) is 4.29. The van der Waals surface area contributed by atoms with Crippen molar-refractivity contribution in [3.63, 3.8) is 0 Å². The number of aryl methyl sites for hydroxylation is 2. The minimum Gasteiger partial charge on any atom is -0.287 e. The van der Waals surface area contributed by atoms with Crippen molar-refractivity contribution in [3.8, 4) is 0 Å². The quantitative estimate of drug-likeness (QED) is 0.247. The molecule has 0 aliphatic heterocycles. The minimum atomic E-state index is -0.584. The number of benzene rings is 2. The minimum absolute atomic E-state index is 0.363. The van der Waals surface area contributed by atoms with Crippen molar-refractivity contribution in [2.24, 2.45) is 0 Å². The summed E-state index contributed by atoms with van der Waals surface area (Å²) in [5.41, 5.74) is 3.19. The fourth-order valence-corrected chi connectivity index (χ4v) is 3.68. The molecule has 1 aliphatic carbocycles. The molecule has 0 unspecified atom stereocenters. The number of rotatable bonds is 12. The van der Waals surface area contributed by atoms with E-state index in [1.165, 1.54) is 11.1 Å². The van der Waals surface area contributed by atoms with Gasteiger partial charge in [0.25, 0.3) is 0 Å². The molecule has 0 amide bonds. The van der Waals surface area contributed by atoms with Gasteiger partial charge >= 0.3 is 11.9 Å². The number of carbonyl (C=O) groups excluding carboxylic acids is 2. The lowest BCUT2D eigenvalue weighted by Crippen LogP contribution is -2.13. The molecule has 0 radical (unpaired) electrons. The Morgan fingerprint density at radius 3 is 1.38 bits per heavy atom. The van der Waals surface area contributed by atoms with E-state index in [1.807, 2.05) is 24.3 Å². The van der Waals surface area contributed by atoms with E-state index in [0.29, 0.717) is 35.5 Å². The molecule has 2 aromatic carbocycles. The van der Waals surface area contributed by atoms with Gasteiger partial charge in [0.15, 0.2) is 11.5 Å². The normalized spacial score (nSPS) is 13.4. The molecular weight excluding hydrogens is 432 g/mol. The Balaban J connectivity index is 1.53. The van der Waals surface area contributed by atoms with Gasteiger partial charge in [0, 0.05) is 12.8 Å². The lowest BCUT2D eigenvalue weighted by atomic mass is 10.0. The Labute approximate surface area is 201 Å². The highest BCUT2D eigenvalue weighted by atomic mass is 17.2. The maximum atomic E-state index is 12.4. The molecule has 2 aromatic rings. The summed E-state index contributed by atoms with van der Waals surface area (Å²) in [6, 6.07) is 14.6. The van der Waals surface area contributed by atoms with E-state index in [1.54, 1.807) is 24.3 Å². The Morgan fingerprint density at radius 2 is 1.03 bits per heavy atom. The maximum absolute atomic E-state index is 12.4. The zero-order valence-corrected chi connectivity index (χ0v) is 20.1. The smallest absolute Gasteiger partial charge is 0.287 e. The van der Waals surface area contributed by atoms with Crippen molar-refractivity contribution in [1.82, 2.24) is 0 Å². The zero-order valence-electron chi connectivity index (χ0n) is 20.1. The lowest BCUT2D eigenvalue weighted by molar-refractivity contribution is -0.239. The predicted molar refractivity (Wildman–Crippen MR) is 129 cm³/mol. The molecule has 0 heterocycles. The summed E-state index contributed by atoms with van der Waals surface area (Å²) in [5, 5.41) is 0. The monoisotopic (exact) mass is 466 g/mol. The molecule has 1 aliphatic rings. The molecule has 6 heteroatoms. The summed E-state index contributed by atoms with van der Waals surface area (Å²) in [4.78, 5) is 45.4. The molecule has 0 saturated heterocycles. The van der Waals surface area contributed by atoms with Crippen molar-refractivity contribution in [2.75, 3.05) is 0 Å². The van der Waals surface area contributed by atoms with Crippen LogP contribution in [0.15, 0.2) is 60.0 Å². The topological polar surface area (TPSA) is 71.1 Å². The molecule has 0 aromatic heterocycles. The molecule has 0 N–H and O–H groups in total. The molecule has 0 fully saturated rings. The van der Waals surface area contributed by atoms with Crippen LogP contribution in [0, 0.1) is 0 Å². The highest BCUT2D eigenvalue weighted by Crippen LogP contribution is 2.27. The van der Waals surface area contributed by atoms with E-state index >= 15 is 0 Å². The third-order valence-electron chi connectivity index (χ3n) is 5.82. The van der Waals surface area contributed by atoms with Crippen LogP contribution in [0.25, 0.3) is 0 Å². The fraction of sp³-hybridized carbons (Fsp3) is 0.429. The van der Waals surface area contributed by atoms with Crippen molar-refractivity contribution in [2.45, 2.75) is 78.1 Å². The second-order valence-corrected chi connectivity index (χ2v) is 8.56. The molecule has 0 saturated carbocycles. The van der Waals surface area contributed by atoms with Crippen molar-refractivity contribution in [1.29, 1.82) is 0 Å². The van der Waals surface area contributed by atoms with E-state index < -0.39 is 11.9 Å². The number of unbranched alkanes of at least 4 members (excludes halogenated alkanes) is 2. The van der Waals surface area contributed by atoms with Crippen LogP contribution in [0.4, 0.5) is 0 Å². The van der Waals surface area contributed by atoms with Gasteiger partial charge < -0.3 is 0 Å². The second kappa shape index (κ2) is 13.4. The maximum Gasteiger partial charge on any atom is 0.386 e. The average Bonchev–Trinajstić information content (AvgIpc) is 2.89. The van der Waals surface area contributed by atoms with Crippen molar-refractivity contribution in [3.05, 3.63) is 82.3 Å². The summed E-state index contributed by atoms with van der Waals surface area (Å²) in [7, 11) is 0. The first-order valence-electron chi connectivity index (χ1n) is 12.3. The van der Waals surface area contributed by atoms with E-state index in [4.69, 9.17) is 19.6 Å². The average molecular weight is 467 g/mol. The molecule has 182 valence electrons. The Hall–Kier alpha value is -3.28. The van der Waals surface area contributed by atoms with Crippen LogP contribution in [0.1, 0.15) is 97.1 Å². The van der Waals surface area contributed by atoms with E-state index in [9.17, 15) is 9.59 Å². The van der Waals surface area contributed by atoms with Gasteiger partial charge in [-0.15, -0.1) is 0 Å². The van der Waals surface area contributed by atoms with Crippen LogP contribution in [-0.2, 0) is 32.4 Å². The summed E-state index contributed by atoms with van der Waals surface area (Å²) >= 11 is 0. The van der Waals surface area contributed by atoms with E-state index in [0.717, 1.165) is 51.4 Å². The molecule has 3 rings (SSSR count). The number of hydrogen-bond donors (Lipinski definition) is 0. The van der Waals surface area contributed by atoms with Crippen LogP contribution in [-0.4, -0.2) is 11.9 Å². The third kappa shape index (κ3) is 7.65.